The van der Waals surface area contributed by atoms with Gasteiger partial charge in [0.05, 0.1) is 16.8 Å². The Bertz CT molecular complexity index is 1760. The van der Waals surface area contributed by atoms with Crippen LogP contribution in [0.5, 0.6) is 0 Å². The molecule has 6 aromatic rings. The fourth-order valence-corrected chi connectivity index (χ4v) is 7.28. The van der Waals surface area contributed by atoms with E-state index < -0.39 is 5.41 Å². The van der Waals surface area contributed by atoms with Gasteiger partial charge >= 0.3 is 0 Å². The first-order chi connectivity index (χ1) is 17.7. The van der Waals surface area contributed by atoms with Crippen LogP contribution in [0.4, 0.5) is 11.4 Å². The summed E-state index contributed by atoms with van der Waals surface area (Å²) in [6.07, 6.45) is 0. The first-order valence-corrected chi connectivity index (χ1v) is 13.7. The Morgan fingerprint density at radius 2 is 0.944 bits per heavy atom. The molecule has 1 N–H and O–H groups in total. The molecule has 170 valence electrons. The minimum absolute atomic E-state index is 0.442. The van der Waals surface area contributed by atoms with Crippen molar-refractivity contribution in [3.05, 3.63) is 140 Å². The second-order valence-corrected chi connectivity index (χ2v) is 11.5. The lowest BCUT2D eigenvalue weighted by molar-refractivity contribution is 0.765. The zero-order valence-electron chi connectivity index (χ0n) is 19.1. The number of hydrogen-bond acceptors (Lipinski definition) is 1. The number of benzene rings is 6. The van der Waals surface area contributed by atoms with E-state index in [-0.39, 0.29) is 0 Å². The summed E-state index contributed by atoms with van der Waals surface area (Å²) in [6, 6.07) is 40.1. The van der Waals surface area contributed by atoms with Crippen LogP contribution in [0.1, 0.15) is 22.3 Å². The molecule has 36 heavy (non-hydrogen) atoms. The maximum atomic E-state index is 3.95. The lowest BCUT2D eigenvalue weighted by atomic mass is 9.64. The van der Waals surface area contributed by atoms with Crippen molar-refractivity contribution in [1.29, 1.82) is 0 Å². The highest BCUT2D eigenvalue weighted by atomic mass is 79.9. The van der Waals surface area contributed by atoms with Crippen LogP contribution in [0.25, 0.3) is 32.7 Å². The molecule has 0 unspecified atom stereocenters. The molecule has 0 radical (unpaired) electrons. The molecule has 1 spiro atoms. The van der Waals surface area contributed by atoms with Crippen LogP contribution in [0.15, 0.2) is 118 Å². The van der Waals surface area contributed by atoms with E-state index in [1.54, 1.807) is 0 Å². The van der Waals surface area contributed by atoms with Crippen molar-refractivity contribution in [1.82, 2.24) is 0 Å². The van der Waals surface area contributed by atoms with Crippen LogP contribution < -0.4 is 5.32 Å². The van der Waals surface area contributed by atoms with E-state index in [0.717, 1.165) is 8.95 Å². The van der Waals surface area contributed by atoms with Gasteiger partial charge in [0.15, 0.2) is 0 Å². The fourth-order valence-electron chi connectivity index (χ4n) is 6.56. The highest BCUT2D eigenvalue weighted by Gasteiger charge is 2.51. The summed E-state index contributed by atoms with van der Waals surface area (Å²) in [5.74, 6) is 0. The summed E-state index contributed by atoms with van der Waals surface area (Å²) >= 11 is 7.62. The summed E-state index contributed by atoms with van der Waals surface area (Å²) in [4.78, 5) is 0. The van der Waals surface area contributed by atoms with Gasteiger partial charge in [-0.25, -0.2) is 0 Å². The van der Waals surface area contributed by atoms with Gasteiger partial charge in [0.25, 0.3) is 0 Å². The normalized spacial score (nSPS) is 14.3. The van der Waals surface area contributed by atoms with E-state index in [2.05, 4.69) is 146 Å². The molecule has 0 atom stereocenters. The van der Waals surface area contributed by atoms with E-state index >= 15 is 0 Å². The summed E-state index contributed by atoms with van der Waals surface area (Å²) in [7, 11) is 0. The van der Waals surface area contributed by atoms with Crippen LogP contribution in [-0.4, -0.2) is 0 Å². The van der Waals surface area contributed by atoms with E-state index in [0.29, 0.717) is 0 Å². The zero-order valence-corrected chi connectivity index (χ0v) is 22.3. The van der Waals surface area contributed by atoms with E-state index in [9.17, 15) is 0 Å². The Kier molecular flexibility index (Phi) is 4.22. The number of halogens is 2. The third kappa shape index (κ3) is 2.55. The SMILES string of the molecule is Brc1ccc2c(c1)C1(c3cc(Br)ccc3-2)c2ccc3ccccc3c2Nc2c1ccc1ccccc21. The molecular formula is C33H19Br2N. The van der Waals surface area contributed by atoms with Crippen molar-refractivity contribution in [2.45, 2.75) is 5.41 Å². The minimum atomic E-state index is -0.442. The molecule has 8 rings (SSSR count). The molecule has 0 fully saturated rings. The maximum Gasteiger partial charge on any atom is 0.0755 e. The van der Waals surface area contributed by atoms with Crippen LogP contribution >= 0.6 is 31.9 Å². The summed E-state index contributed by atoms with van der Waals surface area (Å²) in [5.41, 5.74) is 9.75. The molecular weight excluding hydrogens is 570 g/mol. The van der Waals surface area contributed by atoms with Crippen molar-refractivity contribution in [3.8, 4) is 11.1 Å². The summed E-state index contributed by atoms with van der Waals surface area (Å²) in [6.45, 7) is 0. The Morgan fingerprint density at radius 3 is 1.44 bits per heavy atom. The third-order valence-corrected chi connectivity index (χ3v) is 8.96. The van der Waals surface area contributed by atoms with Crippen molar-refractivity contribution >= 4 is 64.8 Å². The lowest BCUT2D eigenvalue weighted by Crippen LogP contribution is -2.33. The molecule has 1 aliphatic carbocycles. The summed E-state index contributed by atoms with van der Waals surface area (Å²) < 4.78 is 2.19. The molecule has 0 saturated heterocycles. The molecule has 0 amide bonds. The van der Waals surface area contributed by atoms with Crippen molar-refractivity contribution in [2.75, 3.05) is 5.32 Å². The Labute approximate surface area is 226 Å². The van der Waals surface area contributed by atoms with Crippen LogP contribution in [0.2, 0.25) is 0 Å². The van der Waals surface area contributed by atoms with E-state index in [1.807, 2.05) is 0 Å². The second-order valence-electron chi connectivity index (χ2n) is 9.67. The molecule has 1 aliphatic heterocycles. The van der Waals surface area contributed by atoms with Crippen molar-refractivity contribution in [2.24, 2.45) is 0 Å². The Morgan fingerprint density at radius 1 is 0.472 bits per heavy atom. The average Bonchev–Trinajstić information content (AvgIpc) is 3.18. The van der Waals surface area contributed by atoms with Crippen molar-refractivity contribution < 1.29 is 0 Å². The molecule has 2 aliphatic rings. The van der Waals surface area contributed by atoms with E-state index in [4.69, 9.17) is 0 Å². The molecule has 3 heteroatoms. The van der Waals surface area contributed by atoms with Gasteiger partial charge in [0.1, 0.15) is 0 Å². The molecule has 0 aromatic heterocycles. The zero-order chi connectivity index (χ0) is 24.0. The van der Waals surface area contributed by atoms with Gasteiger partial charge in [-0.05, 0) is 68.4 Å². The standard InChI is InChI=1S/C33H19Br2N/c34-21-11-13-25-26-14-12-22(35)18-30(26)33(29(25)17-21)27-15-9-19-5-1-3-7-23(19)31(27)36-32-24-8-4-2-6-20(24)10-16-28(32)33/h1-18,36H. The highest BCUT2D eigenvalue weighted by Crippen LogP contribution is 2.63. The molecule has 0 bridgehead atoms. The van der Waals surface area contributed by atoms with E-state index in [1.165, 1.54) is 66.3 Å². The highest BCUT2D eigenvalue weighted by molar-refractivity contribution is 9.10. The van der Waals surface area contributed by atoms with Crippen molar-refractivity contribution in [3.63, 3.8) is 0 Å². The Balaban J connectivity index is 1.64. The minimum Gasteiger partial charge on any atom is -0.354 e. The third-order valence-electron chi connectivity index (χ3n) is 7.98. The maximum absolute atomic E-state index is 3.95. The first kappa shape index (κ1) is 20.8. The van der Waals surface area contributed by atoms with Gasteiger partial charge in [-0.1, -0.05) is 117 Å². The number of anilines is 2. The molecule has 1 nitrogen and oxygen atoms in total. The van der Waals surface area contributed by atoms with Gasteiger partial charge in [-0.15, -0.1) is 0 Å². The smallest absolute Gasteiger partial charge is 0.0755 e. The Hall–Kier alpha value is -3.40. The molecule has 6 aromatic carbocycles. The van der Waals surface area contributed by atoms with Crippen LogP contribution in [0, 0.1) is 0 Å². The van der Waals surface area contributed by atoms with Gasteiger partial charge in [-0.2, -0.15) is 0 Å². The van der Waals surface area contributed by atoms with Crippen LogP contribution in [0.3, 0.4) is 0 Å². The topological polar surface area (TPSA) is 12.0 Å². The first-order valence-electron chi connectivity index (χ1n) is 12.1. The molecule has 1 heterocycles. The lowest BCUT2D eigenvalue weighted by Gasteiger charge is -2.41. The van der Waals surface area contributed by atoms with Gasteiger partial charge in [0, 0.05) is 19.7 Å². The summed E-state index contributed by atoms with van der Waals surface area (Å²) in [5, 5.41) is 8.91. The predicted octanol–water partition coefficient (Wildman–Crippen LogP) is 9.94. The number of rotatable bonds is 0. The predicted molar refractivity (Wildman–Crippen MR) is 157 cm³/mol. The second kappa shape index (κ2) is 7.32. The average molecular weight is 589 g/mol. The molecule has 0 saturated carbocycles. The fraction of sp³-hybridized carbons (Fsp3) is 0.0303. The largest absolute Gasteiger partial charge is 0.354 e. The van der Waals surface area contributed by atoms with Crippen LogP contribution in [-0.2, 0) is 5.41 Å². The number of hydrogen-bond donors (Lipinski definition) is 1. The quantitative estimate of drug-likeness (QED) is 0.186. The number of fused-ring (bicyclic) bond motifs is 13. The number of nitrogens with one attached hydrogen (secondary N) is 1. The van der Waals surface area contributed by atoms with Gasteiger partial charge in [0.2, 0.25) is 0 Å². The van der Waals surface area contributed by atoms with Gasteiger partial charge < -0.3 is 5.32 Å². The monoisotopic (exact) mass is 587 g/mol. The van der Waals surface area contributed by atoms with Gasteiger partial charge in [-0.3, -0.25) is 0 Å².